The summed E-state index contributed by atoms with van der Waals surface area (Å²) in [5, 5.41) is 0. The molecule has 0 atom stereocenters. The van der Waals surface area contributed by atoms with Crippen LogP contribution in [-0.2, 0) is 10.2 Å². The van der Waals surface area contributed by atoms with Gasteiger partial charge in [0.15, 0.2) is 5.78 Å². The summed E-state index contributed by atoms with van der Waals surface area (Å²) in [4.78, 5) is 11.3. The first-order valence-electron chi connectivity index (χ1n) is 4.75. The molecule has 94 valence electrons. The molecule has 1 aromatic rings. The van der Waals surface area contributed by atoms with Crippen LogP contribution in [0.3, 0.4) is 0 Å². The number of benzene rings is 1. The average Bonchev–Trinajstić information content (AvgIpc) is 2.15. The number of hydrogen-bond donors (Lipinski definition) is 1. The summed E-state index contributed by atoms with van der Waals surface area (Å²) < 4.78 is 39.2. The van der Waals surface area contributed by atoms with Crippen LogP contribution in [0.5, 0.6) is 0 Å². The number of carbonyl (C=O) groups is 1. The lowest BCUT2D eigenvalue weighted by Crippen LogP contribution is -2.29. The number of Topliss-reactive ketones (excluding diaryl/α,β-unsaturated/α-hetero) is 1. The van der Waals surface area contributed by atoms with Crippen molar-refractivity contribution in [3.05, 3.63) is 29.6 Å². The van der Waals surface area contributed by atoms with Gasteiger partial charge in [0, 0.05) is 19.7 Å². The van der Waals surface area contributed by atoms with E-state index in [0.29, 0.717) is 0 Å². The Morgan fingerprint density at radius 2 is 1.94 bits per heavy atom. The van der Waals surface area contributed by atoms with E-state index in [1.165, 1.54) is 27.1 Å². The molecular formula is C10H13FN2O3S. The number of hydrogen-bond acceptors (Lipinski definition) is 3. The van der Waals surface area contributed by atoms with E-state index in [1.54, 1.807) is 0 Å². The van der Waals surface area contributed by atoms with Gasteiger partial charge >= 0.3 is 10.2 Å². The van der Waals surface area contributed by atoms with Crippen molar-refractivity contribution in [3.63, 3.8) is 0 Å². The molecule has 0 radical (unpaired) electrons. The molecule has 0 spiro atoms. The van der Waals surface area contributed by atoms with Gasteiger partial charge < -0.3 is 0 Å². The standard InChI is InChI=1S/C10H13FN2O3S/c1-7(14)9-5-4-8(11)6-10(9)12-17(15,16)13(2)3/h4-6,12H,1-3H3. The molecule has 5 nitrogen and oxygen atoms in total. The number of nitrogens with one attached hydrogen (secondary N) is 1. The molecular weight excluding hydrogens is 247 g/mol. The van der Waals surface area contributed by atoms with Crippen molar-refractivity contribution in [2.45, 2.75) is 6.92 Å². The van der Waals surface area contributed by atoms with Gasteiger partial charge in [0.25, 0.3) is 0 Å². The van der Waals surface area contributed by atoms with E-state index in [2.05, 4.69) is 4.72 Å². The number of halogens is 1. The van der Waals surface area contributed by atoms with Crippen LogP contribution in [0, 0.1) is 5.82 Å². The Labute approximate surface area is 99.4 Å². The summed E-state index contributed by atoms with van der Waals surface area (Å²) >= 11 is 0. The molecule has 0 aliphatic carbocycles. The zero-order valence-corrected chi connectivity index (χ0v) is 10.5. The van der Waals surface area contributed by atoms with Gasteiger partial charge in [-0.2, -0.15) is 12.7 Å². The molecule has 1 N–H and O–H groups in total. The molecule has 0 aliphatic rings. The largest absolute Gasteiger partial charge is 0.301 e. The summed E-state index contributed by atoms with van der Waals surface area (Å²) in [6, 6.07) is 3.31. The fourth-order valence-corrected chi connectivity index (χ4v) is 1.77. The van der Waals surface area contributed by atoms with Crippen LogP contribution in [0.4, 0.5) is 10.1 Å². The lowest BCUT2D eigenvalue weighted by Gasteiger charge is -2.15. The van der Waals surface area contributed by atoms with Crippen molar-refractivity contribution in [2.75, 3.05) is 18.8 Å². The van der Waals surface area contributed by atoms with Crippen molar-refractivity contribution in [2.24, 2.45) is 0 Å². The second kappa shape index (κ2) is 4.80. The Balaban J connectivity index is 3.22. The van der Waals surface area contributed by atoms with Crippen LogP contribution in [0.15, 0.2) is 18.2 Å². The predicted octanol–water partition coefficient (Wildman–Crippen LogP) is 1.25. The number of anilines is 1. The maximum atomic E-state index is 13.0. The van der Waals surface area contributed by atoms with Crippen LogP contribution in [0.2, 0.25) is 0 Å². The average molecular weight is 260 g/mol. The maximum absolute atomic E-state index is 13.0. The third kappa shape index (κ3) is 3.24. The molecule has 0 aromatic heterocycles. The van der Waals surface area contributed by atoms with Crippen LogP contribution < -0.4 is 4.72 Å². The van der Waals surface area contributed by atoms with Gasteiger partial charge in [0.2, 0.25) is 0 Å². The van der Waals surface area contributed by atoms with E-state index >= 15 is 0 Å². The van der Waals surface area contributed by atoms with Gasteiger partial charge in [-0.1, -0.05) is 0 Å². The summed E-state index contributed by atoms with van der Waals surface area (Å²) in [6.45, 7) is 1.28. The Bertz CT molecular complexity index is 540. The SMILES string of the molecule is CC(=O)c1ccc(F)cc1NS(=O)(=O)N(C)C. The second-order valence-corrected chi connectivity index (χ2v) is 5.52. The van der Waals surface area contributed by atoms with Gasteiger partial charge in [-0.3, -0.25) is 9.52 Å². The highest BCUT2D eigenvalue weighted by atomic mass is 32.2. The van der Waals surface area contributed by atoms with Crippen molar-refractivity contribution in [1.29, 1.82) is 0 Å². The van der Waals surface area contributed by atoms with Crippen molar-refractivity contribution in [1.82, 2.24) is 4.31 Å². The molecule has 17 heavy (non-hydrogen) atoms. The first-order valence-corrected chi connectivity index (χ1v) is 6.19. The van der Waals surface area contributed by atoms with Crippen LogP contribution in [0.25, 0.3) is 0 Å². The van der Waals surface area contributed by atoms with Gasteiger partial charge in [-0.25, -0.2) is 4.39 Å². The van der Waals surface area contributed by atoms with Crippen molar-refractivity contribution >= 4 is 21.7 Å². The Hall–Kier alpha value is -1.47. The Morgan fingerprint density at radius 1 is 1.35 bits per heavy atom. The van der Waals surface area contributed by atoms with E-state index in [4.69, 9.17) is 0 Å². The quantitative estimate of drug-likeness (QED) is 0.828. The molecule has 0 fully saturated rings. The highest BCUT2D eigenvalue weighted by Gasteiger charge is 2.17. The maximum Gasteiger partial charge on any atom is 0.301 e. The Morgan fingerprint density at radius 3 is 2.41 bits per heavy atom. The summed E-state index contributed by atoms with van der Waals surface area (Å²) in [5.74, 6) is -0.965. The summed E-state index contributed by atoms with van der Waals surface area (Å²) in [6.07, 6.45) is 0. The number of nitrogens with zero attached hydrogens (tertiary/aromatic N) is 1. The molecule has 0 heterocycles. The molecule has 0 unspecified atom stereocenters. The van der Waals surface area contributed by atoms with E-state index in [0.717, 1.165) is 16.4 Å². The monoisotopic (exact) mass is 260 g/mol. The number of rotatable bonds is 4. The Kier molecular flexibility index (Phi) is 3.84. The second-order valence-electron chi connectivity index (χ2n) is 3.64. The van der Waals surface area contributed by atoms with Gasteiger partial charge in [0.05, 0.1) is 5.69 Å². The smallest absolute Gasteiger partial charge is 0.294 e. The van der Waals surface area contributed by atoms with E-state index in [9.17, 15) is 17.6 Å². The zero-order chi connectivity index (χ0) is 13.2. The van der Waals surface area contributed by atoms with Crippen molar-refractivity contribution in [3.8, 4) is 0 Å². The first kappa shape index (κ1) is 13.6. The molecule has 0 amide bonds. The van der Waals surface area contributed by atoms with E-state index in [-0.39, 0.29) is 17.0 Å². The molecule has 1 rings (SSSR count). The lowest BCUT2D eigenvalue weighted by atomic mass is 10.1. The molecule has 0 aliphatic heterocycles. The molecule has 0 bridgehead atoms. The van der Waals surface area contributed by atoms with Gasteiger partial charge in [-0.15, -0.1) is 0 Å². The van der Waals surface area contributed by atoms with Gasteiger partial charge in [0.1, 0.15) is 5.82 Å². The van der Waals surface area contributed by atoms with Crippen molar-refractivity contribution < 1.29 is 17.6 Å². The molecule has 0 saturated carbocycles. The van der Waals surface area contributed by atoms with Gasteiger partial charge in [-0.05, 0) is 25.1 Å². The fourth-order valence-electron chi connectivity index (χ4n) is 1.14. The minimum absolute atomic E-state index is 0.0637. The normalized spacial score (nSPS) is 11.6. The minimum atomic E-state index is -3.76. The third-order valence-electron chi connectivity index (χ3n) is 2.08. The molecule has 7 heteroatoms. The highest BCUT2D eigenvalue weighted by molar-refractivity contribution is 7.90. The zero-order valence-electron chi connectivity index (χ0n) is 9.69. The lowest BCUT2D eigenvalue weighted by molar-refractivity contribution is 0.101. The first-order chi connectivity index (χ1) is 7.74. The van der Waals surface area contributed by atoms with Crippen LogP contribution in [0.1, 0.15) is 17.3 Å². The van der Waals surface area contributed by atoms with Crippen LogP contribution >= 0.6 is 0 Å². The van der Waals surface area contributed by atoms with E-state index < -0.39 is 16.0 Å². The van der Waals surface area contributed by atoms with Crippen LogP contribution in [-0.4, -0.2) is 32.6 Å². The fraction of sp³-hybridized carbons (Fsp3) is 0.300. The summed E-state index contributed by atoms with van der Waals surface area (Å²) in [7, 11) is -1.10. The number of ketones is 1. The van der Waals surface area contributed by atoms with E-state index in [1.807, 2.05) is 0 Å². The topological polar surface area (TPSA) is 66.5 Å². The third-order valence-corrected chi connectivity index (χ3v) is 3.52. The number of carbonyl (C=O) groups excluding carboxylic acids is 1. The minimum Gasteiger partial charge on any atom is -0.294 e. The molecule has 1 aromatic carbocycles. The summed E-state index contributed by atoms with van der Waals surface area (Å²) in [5.41, 5.74) is 0.0584. The predicted molar refractivity (Wildman–Crippen MR) is 62.6 cm³/mol. The highest BCUT2D eigenvalue weighted by Crippen LogP contribution is 2.19. The molecule has 0 saturated heterocycles.